The minimum absolute atomic E-state index is 0.0429. The number of alkyl halides is 5. The van der Waals surface area contributed by atoms with Crippen molar-refractivity contribution >= 4 is 29.1 Å². The summed E-state index contributed by atoms with van der Waals surface area (Å²) in [7, 11) is 2.73. The van der Waals surface area contributed by atoms with Gasteiger partial charge in [-0.05, 0) is 74.3 Å². The van der Waals surface area contributed by atoms with E-state index in [2.05, 4.69) is 10.2 Å². The topological polar surface area (TPSA) is 82.1 Å². The highest BCUT2D eigenvalue weighted by Crippen LogP contribution is 2.50. The number of carbonyl (C=O) groups is 2. The van der Waals surface area contributed by atoms with E-state index in [0.717, 1.165) is 61.1 Å². The monoisotopic (exact) mass is 631 g/mol. The number of nitrogens with zero attached hydrogens (tertiary/aromatic N) is 2. The summed E-state index contributed by atoms with van der Waals surface area (Å²) in [6, 6.07) is 9.47. The summed E-state index contributed by atoms with van der Waals surface area (Å²) in [5, 5.41) is 13.9. The maximum atomic E-state index is 14.8. The van der Waals surface area contributed by atoms with E-state index in [4.69, 9.17) is 16.3 Å². The Bertz CT molecular complexity index is 1310. The number of amides is 2. The first kappa shape index (κ1) is 32.8. The highest BCUT2D eigenvalue weighted by Gasteiger charge is 2.74. The average molecular weight is 632 g/mol. The lowest BCUT2D eigenvalue weighted by Gasteiger charge is -2.42. The van der Waals surface area contributed by atoms with Crippen LogP contribution in [0.5, 0.6) is 5.75 Å². The second kappa shape index (κ2) is 12.9. The zero-order chi connectivity index (χ0) is 31.6. The number of methoxy groups -OCH3 is 1. The standard InChI is InChI=1S/C30H35ClF5N3O4/c1-37-26(40)24-7-6-22(18-25(24)31)38-12-8-19(9-13-38)16-20-10-14-39(15-11-20)27(41)28(42,29(32,33)30(34,35)36)21-4-3-5-23(17-21)43-2/h3-7,17-20,42H,8-16H2,1-2H3,(H,37,40)/t28-/m1/s1. The Morgan fingerprint density at radius 3 is 2.12 bits per heavy atom. The normalized spacial score (nSPS) is 18.7. The van der Waals surface area contributed by atoms with E-state index in [1.165, 1.54) is 20.2 Å². The molecular weight excluding hydrogens is 597 g/mol. The van der Waals surface area contributed by atoms with Gasteiger partial charge in [0.05, 0.1) is 17.7 Å². The minimum Gasteiger partial charge on any atom is -0.497 e. The number of aliphatic hydroxyl groups is 1. The summed E-state index contributed by atoms with van der Waals surface area (Å²) in [6.45, 7) is 1.47. The molecule has 0 bridgehead atoms. The number of nitrogens with one attached hydrogen (secondary N) is 1. The summed E-state index contributed by atoms with van der Waals surface area (Å²) >= 11 is 6.30. The molecular formula is C30H35ClF5N3O4. The van der Waals surface area contributed by atoms with Crippen LogP contribution in [0.15, 0.2) is 42.5 Å². The fraction of sp³-hybridized carbons (Fsp3) is 0.533. The van der Waals surface area contributed by atoms with E-state index >= 15 is 0 Å². The number of rotatable bonds is 8. The van der Waals surface area contributed by atoms with Crippen LogP contribution in [0.4, 0.5) is 27.6 Å². The molecule has 2 saturated heterocycles. The number of benzene rings is 2. The zero-order valence-electron chi connectivity index (χ0n) is 23.9. The van der Waals surface area contributed by atoms with Crippen LogP contribution in [-0.4, -0.2) is 74.3 Å². The van der Waals surface area contributed by atoms with Crippen molar-refractivity contribution in [3.8, 4) is 5.75 Å². The molecule has 7 nitrogen and oxygen atoms in total. The van der Waals surface area contributed by atoms with Crippen LogP contribution in [0.1, 0.15) is 48.0 Å². The van der Waals surface area contributed by atoms with Crippen LogP contribution in [0.3, 0.4) is 0 Å². The number of anilines is 1. The van der Waals surface area contributed by atoms with E-state index in [1.54, 1.807) is 12.1 Å². The van der Waals surface area contributed by atoms with Crippen molar-refractivity contribution in [2.45, 2.75) is 49.8 Å². The molecule has 4 rings (SSSR count). The van der Waals surface area contributed by atoms with Crippen LogP contribution >= 0.6 is 11.6 Å². The fourth-order valence-corrected chi connectivity index (χ4v) is 6.27. The largest absolute Gasteiger partial charge is 0.497 e. The van der Waals surface area contributed by atoms with Crippen molar-refractivity contribution in [1.29, 1.82) is 0 Å². The van der Waals surface area contributed by atoms with Crippen LogP contribution in [0.2, 0.25) is 5.02 Å². The fourth-order valence-electron chi connectivity index (χ4n) is 6.01. The summed E-state index contributed by atoms with van der Waals surface area (Å²) in [6.07, 6.45) is -2.71. The lowest BCUT2D eigenvalue weighted by molar-refractivity contribution is -0.339. The molecule has 0 spiro atoms. The Labute approximate surface area is 251 Å². The molecule has 1 atom stereocenters. The Morgan fingerprint density at radius 1 is 0.977 bits per heavy atom. The van der Waals surface area contributed by atoms with Gasteiger partial charge < -0.3 is 25.0 Å². The Morgan fingerprint density at radius 2 is 1.58 bits per heavy atom. The number of hydrogen-bond donors (Lipinski definition) is 2. The van der Waals surface area contributed by atoms with Crippen LogP contribution in [0, 0.1) is 11.8 Å². The maximum absolute atomic E-state index is 14.8. The molecule has 0 unspecified atom stereocenters. The number of likely N-dealkylation sites (tertiary alicyclic amines) is 1. The molecule has 2 aliphatic rings. The Balaban J connectivity index is 1.37. The lowest BCUT2D eigenvalue weighted by atomic mass is 9.81. The SMILES string of the molecule is CNC(=O)c1ccc(N2CCC(CC3CCN(C(=O)[C@](O)(c4cccc(OC)c4)C(F)(F)C(F)(F)F)CC3)CC2)cc1Cl. The van der Waals surface area contributed by atoms with Gasteiger partial charge in [-0.1, -0.05) is 23.7 Å². The predicted molar refractivity (Wildman–Crippen MR) is 152 cm³/mol. The predicted octanol–water partition coefficient (Wildman–Crippen LogP) is 5.64. The molecule has 13 heteroatoms. The summed E-state index contributed by atoms with van der Waals surface area (Å²) in [5.74, 6) is -7.22. The number of carbonyl (C=O) groups excluding carboxylic acids is 2. The van der Waals surface area contributed by atoms with Crippen molar-refractivity contribution in [3.63, 3.8) is 0 Å². The van der Waals surface area contributed by atoms with Crippen molar-refractivity contribution in [3.05, 3.63) is 58.6 Å². The molecule has 43 heavy (non-hydrogen) atoms. The molecule has 0 saturated carbocycles. The smallest absolute Gasteiger partial charge is 0.457 e. The highest BCUT2D eigenvalue weighted by molar-refractivity contribution is 6.34. The van der Waals surface area contributed by atoms with Crippen molar-refractivity contribution in [1.82, 2.24) is 10.2 Å². The summed E-state index contributed by atoms with van der Waals surface area (Å²) in [4.78, 5) is 28.3. The first-order chi connectivity index (χ1) is 20.2. The molecule has 2 N–H and O–H groups in total. The van der Waals surface area contributed by atoms with Gasteiger partial charge in [0.25, 0.3) is 11.8 Å². The average Bonchev–Trinajstić information content (AvgIpc) is 3.00. The molecule has 2 aliphatic heterocycles. The molecule has 0 radical (unpaired) electrons. The van der Waals surface area contributed by atoms with Gasteiger partial charge in [-0.3, -0.25) is 9.59 Å². The van der Waals surface area contributed by atoms with E-state index in [0.29, 0.717) is 29.3 Å². The Hall–Kier alpha value is -3.12. The molecule has 0 aromatic heterocycles. The van der Waals surface area contributed by atoms with E-state index in [9.17, 15) is 36.6 Å². The molecule has 2 amide bonds. The number of hydrogen-bond acceptors (Lipinski definition) is 5. The molecule has 2 aromatic rings. The Kier molecular flexibility index (Phi) is 9.80. The van der Waals surface area contributed by atoms with Gasteiger partial charge in [0, 0.05) is 44.5 Å². The van der Waals surface area contributed by atoms with Gasteiger partial charge in [0.1, 0.15) is 5.75 Å². The van der Waals surface area contributed by atoms with Gasteiger partial charge in [0.2, 0.25) is 5.60 Å². The first-order valence-corrected chi connectivity index (χ1v) is 14.5. The number of ether oxygens (including phenoxy) is 1. The third kappa shape index (κ3) is 6.55. The summed E-state index contributed by atoms with van der Waals surface area (Å²) in [5.41, 5.74) is -3.72. The van der Waals surface area contributed by atoms with E-state index in [-0.39, 0.29) is 30.7 Å². The molecule has 2 aromatic carbocycles. The zero-order valence-corrected chi connectivity index (χ0v) is 24.7. The second-order valence-corrected chi connectivity index (χ2v) is 11.6. The van der Waals surface area contributed by atoms with Crippen molar-refractivity contribution < 1.29 is 41.4 Å². The van der Waals surface area contributed by atoms with Gasteiger partial charge >= 0.3 is 12.1 Å². The third-order valence-electron chi connectivity index (χ3n) is 8.58. The molecule has 236 valence electrons. The van der Waals surface area contributed by atoms with Crippen molar-refractivity contribution in [2.24, 2.45) is 11.8 Å². The van der Waals surface area contributed by atoms with E-state index < -0.39 is 29.2 Å². The first-order valence-electron chi connectivity index (χ1n) is 14.1. The molecule has 2 fully saturated rings. The molecule has 0 aliphatic carbocycles. The lowest BCUT2D eigenvalue weighted by Crippen LogP contribution is -2.63. The quantitative estimate of drug-likeness (QED) is 0.369. The number of piperidine rings is 2. The van der Waals surface area contributed by atoms with Crippen LogP contribution in [-0.2, 0) is 10.4 Å². The second-order valence-electron chi connectivity index (χ2n) is 11.2. The van der Waals surface area contributed by atoms with Gasteiger partial charge in [-0.25, -0.2) is 0 Å². The minimum atomic E-state index is -6.18. The third-order valence-corrected chi connectivity index (χ3v) is 8.89. The van der Waals surface area contributed by atoms with E-state index in [1.807, 2.05) is 6.07 Å². The van der Waals surface area contributed by atoms with Crippen LogP contribution in [0.25, 0.3) is 0 Å². The molecule has 2 heterocycles. The van der Waals surface area contributed by atoms with Crippen molar-refractivity contribution in [2.75, 3.05) is 45.2 Å². The van der Waals surface area contributed by atoms with Gasteiger partial charge in [-0.15, -0.1) is 0 Å². The number of halogens is 6. The van der Waals surface area contributed by atoms with Crippen LogP contribution < -0.4 is 15.0 Å². The van der Waals surface area contributed by atoms with Gasteiger partial charge in [0.15, 0.2) is 0 Å². The highest BCUT2D eigenvalue weighted by atomic mass is 35.5. The maximum Gasteiger partial charge on any atom is 0.457 e. The van der Waals surface area contributed by atoms with Gasteiger partial charge in [-0.2, -0.15) is 22.0 Å². The summed E-state index contributed by atoms with van der Waals surface area (Å²) < 4.78 is 75.2.